The lowest BCUT2D eigenvalue weighted by Crippen LogP contribution is -2.07. The monoisotopic (exact) mass is 269 g/mol. The lowest BCUT2D eigenvalue weighted by atomic mass is 10.0. The van der Waals surface area contributed by atoms with Gasteiger partial charge in [0.15, 0.2) is 16.7 Å². The van der Waals surface area contributed by atoms with E-state index in [1.165, 1.54) is 38.4 Å². The predicted molar refractivity (Wildman–Crippen MR) is 73.3 cm³/mol. The molecular weight excluding hydrogens is 250 g/mol. The largest absolute Gasteiger partial charge is 0.490 e. The van der Waals surface area contributed by atoms with Crippen molar-refractivity contribution in [1.82, 2.24) is 9.97 Å². The molecule has 2 rings (SSSR count). The second-order valence-electron chi connectivity index (χ2n) is 4.77. The van der Waals surface area contributed by atoms with Crippen LogP contribution in [0.15, 0.2) is 6.33 Å². The fourth-order valence-electron chi connectivity index (χ4n) is 2.56. The molecule has 18 heavy (non-hydrogen) atoms. The summed E-state index contributed by atoms with van der Waals surface area (Å²) in [4.78, 5) is 8.04. The molecule has 1 aliphatic rings. The van der Waals surface area contributed by atoms with Crippen LogP contribution in [0.5, 0.6) is 5.75 Å². The Bertz CT molecular complexity index is 380. The van der Waals surface area contributed by atoms with Gasteiger partial charge in [0.2, 0.25) is 0 Å². The Balaban J connectivity index is 1.77. The first-order valence-corrected chi connectivity index (χ1v) is 6.97. The number of halogens is 1. The van der Waals surface area contributed by atoms with Crippen molar-refractivity contribution in [2.45, 2.75) is 38.5 Å². The number of anilines is 1. The summed E-state index contributed by atoms with van der Waals surface area (Å²) in [5, 5.41) is 3.62. The van der Waals surface area contributed by atoms with Crippen LogP contribution in [-0.2, 0) is 0 Å². The third kappa shape index (κ3) is 3.48. The van der Waals surface area contributed by atoms with E-state index in [0.29, 0.717) is 16.7 Å². The van der Waals surface area contributed by atoms with E-state index in [9.17, 15) is 0 Å². The van der Waals surface area contributed by atoms with Gasteiger partial charge in [0, 0.05) is 6.54 Å². The van der Waals surface area contributed by atoms with Gasteiger partial charge >= 0.3 is 0 Å². The molecule has 0 spiro atoms. The molecule has 100 valence electrons. The molecule has 5 heteroatoms. The van der Waals surface area contributed by atoms with Crippen LogP contribution >= 0.6 is 11.6 Å². The van der Waals surface area contributed by atoms with Crippen LogP contribution in [0.2, 0.25) is 5.15 Å². The molecule has 0 unspecified atom stereocenters. The quantitative estimate of drug-likeness (QED) is 0.634. The van der Waals surface area contributed by atoms with Crippen LogP contribution in [0, 0.1) is 5.92 Å². The molecule has 4 nitrogen and oxygen atoms in total. The van der Waals surface area contributed by atoms with E-state index in [1.54, 1.807) is 7.11 Å². The van der Waals surface area contributed by atoms with Gasteiger partial charge in [0.1, 0.15) is 6.33 Å². The first kappa shape index (κ1) is 13.4. The smallest absolute Gasteiger partial charge is 0.198 e. The zero-order valence-corrected chi connectivity index (χ0v) is 11.5. The van der Waals surface area contributed by atoms with E-state index in [0.717, 1.165) is 18.9 Å². The summed E-state index contributed by atoms with van der Waals surface area (Å²) in [6.45, 7) is 0.903. The molecular formula is C13H20ClN3O. The second kappa shape index (κ2) is 6.78. The van der Waals surface area contributed by atoms with E-state index < -0.39 is 0 Å². The summed E-state index contributed by atoms with van der Waals surface area (Å²) in [5.41, 5.74) is 0. The normalized spacial score (nSPS) is 15.9. The summed E-state index contributed by atoms with van der Waals surface area (Å²) in [7, 11) is 1.58. The van der Waals surface area contributed by atoms with E-state index in [2.05, 4.69) is 15.3 Å². The third-order valence-corrected chi connectivity index (χ3v) is 3.79. The molecule has 0 atom stereocenters. The maximum Gasteiger partial charge on any atom is 0.198 e. The molecule has 0 saturated heterocycles. The van der Waals surface area contributed by atoms with Crippen LogP contribution in [0.25, 0.3) is 0 Å². The molecule has 1 aromatic rings. The summed E-state index contributed by atoms with van der Waals surface area (Å²) in [6.07, 6.45) is 9.54. The first-order valence-electron chi connectivity index (χ1n) is 6.59. The predicted octanol–water partition coefficient (Wildman–Crippen LogP) is 3.52. The number of nitrogens with one attached hydrogen (secondary N) is 1. The Kier molecular flexibility index (Phi) is 5.05. The van der Waals surface area contributed by atoms with Gasteiger partial charge < -0.3 is 10.1 Å². The third-order valence-electron chi connectivity index (χ3n) is 3.52. The minimum atomic E-state index is 0.353. The van der Waals surface area contributed by atoms with Crippen molar-refractivity contribution < 1.29 is 4.74 Å². The van der Waals surface area contributed by atoms with E-state index >= 15 is 0 Å². The molecule has 1 saturated carbocycles. The molecule has 1 N–H and O–H groups in total. The molecule has 0 bridgehead atoms. The van der Waals surface area contributed by atoms with Crippen LogP contribution in [0.3, 0.4) is 0 Å². The van der Waals surface area contributed by atoms with Gasteiger partial charge in [-0.1, -0.05) is 37.3 Å². The highest BCUT2D eigenvalue weighted by molar-refractivity contribution is 6.31. The Morgan fingerprint density at radius 3 is 2.89 bits per heavy atom. The zero-order chi connectivity index (χ0) is 12.8. The van der Waals surface area contributed by atoms with Crippen LogP contribution < -0.4 is 10.1 Å². The number of ether oxygens (including phenoxy) is 1. The Labute approximate surface area is 113 Å². The molecule has 1 aliphatic carbocycles. The van der Waals surface area contributed by atoms with Crippen molar-refractivity contribution in [3.63, 3.8) is 0 Å². The zero-order valence-electron chi connectivity index (χ0n) is 10.8. The molecule has 1 aromatic heterocycles. The average molecular weight is 270 g/mol. The number of hydrogen-bond acceptors (Lipinski definition) is 4. The van der Waals surface area contributed by atoms with Crippen molar-refractivity contribution >= 4 is 17.4 Å². The van der Waals surface area contributed by atoms with Gasteiger partial charge in [-0.15, -0.1) is 0 Å². The van der Waals surface area contributed by atoms with Crippen molar-refractivity contribution in [1.29, 1.82) is 0 Å². The molecule has 0 radical (unpaired) electrons. The maximum absolute atomic E-state index is 5.93. The summed E-state index contributed by atoms with van der Waals surface area (Å²) < 4.78 is 5.19. The van der Waals surface area contributed by atoms with E-state index in [4.69, 9.17) is 16.3 Å². The summed E-state index contributed by atoms with van der Waals surface area (Å²) >= 11 is 5.93. The highest BCUT2D eigenvalue weighted by Gasteiger charge is 2.14. The molecule has 0 aromatic carbocycles. The second-order valence-corrected chi connectivity index (χ2v) is 5.12. The topological polar surface area (TPSA) is 47.0 Å². The molecule has 0 aliphatic heterocycles. The summed E-state index contributed by atoms with van der Waals surface area (Å²) in [6, 6.07) is 0. The number of hydrogen-bond donors (Lipinski definition) is 1. The van der Waals surface area contributed by atoms with Gasteiger partial charge in [0.05, 0.1) is 7.11 Å². The average Bonchev–Trinajstić information content (AvgIpc) is 2.88. The highest BCUT2D eigenvalue weighted by Crippen LogP contribution is 2.30. The van der Waals surface area contributed by atoms with Gasteiger partial charge in [-0.2, -0.15) is 0 Å². The van der Waals surface area contributed by atoms with Crippen LogP contribution in [-0.4, -0.2) is 23.6 Å². The van der Waals surface area contributed by atoms with Gasteiger partial charge in [-0.25, -0.2) is 9.97 Å². The molecule has 0 amide bonds. The van der Waals surface area contributed by atoms with Crippen molar-refractivity contribution in [3.05, 3.63) is 11.5 Å². The van der Waals surface area contributed by atoms with E-state index in [1.807, 2.05) is 0 Å². The Morgan fingerprint density at radius 2 is 2.17 bits per heavy atom. The van der Waals surface area contributed by atoms with Gasteiger partial charge in [-0.05, 0) is 18.8 Å². The van der Waals surface area contributed by atoms with Crippen LogP contribution in [0.4, 0.5) is 5.82 Å². The number of aromatic nitrogens is 2. The minimum absolute atomic E-state index is 0.353. The maximum atomic E-state index is 5.93. The molecule has 1 heterocycles. The minimum Gasteiger partial charge on any atom is -0.490 e. The summed E-state index contributed by atoms with van der Waals surface area (Å²) in [5.74, 6) is 2.15. The fourth-order valence-corrected chi connectivity index (χ4v) is 2.77. The highest BCUT2D eigenvalue weighted by atomic mass is 35.5. The Hall–Kier alpha value is -1.03. The SMILES string of the molecule is COc1c(Cl)ncnc1NCCCC1CCCC1. The standard InChI is InChI=1S/C13H20ClN3O/c1-18-11-12(14)16-9-17-13(11)15-8-4-7-10-5-2-3-6-10/h9-10H,2-8H2,1H3,(H,15,16,17). The van der Waals surface area contributed by atoms with Crippen molar-refractivity contribution in [2.24, 2.45) is 5.92 Å². The van der Waals surface area contributed by atoms with Crippen LogP contribution in [0.1, 0.15) is 38.5 Å². The number of methoxy groups -OCH3 is 1. The van der Waals surface area contributed by atoms with E-state index in [-0.39, 0.29) is 0 Å². The Morgan fingerprint density at radius 1 is 1.39 bits per heavy atom. The molecule has 1 fully saturated rings. The number of rotatable bonds is 6. The first-order chi connectivity index (χ1) is 8.81. The fraction of sp³-hybridized carbons (Fsp3) is 0.692. The lowest BCUT2D eigenvalue weighted by Gasteiger charge is -2.12. The lowest BCUT2D eigenvalue weighted by molar-refractivity contribution is 0.412. The van der Waals surface area contributed by atoms with Gasteiger partial charge in [0.25, 0.3) is 0 Å². The van der Waals surface area contributed by atoms with Crippen molar-refractivity contribution in [2.75, 3.05) is 19.0 Å². The van der Waals surface area contributed by atoms with Gasteiger partial charge in [-0.3, -0.25) is 0 Å². The van der Waals surface area contributed by atoms with Crippen molar-refractivity contribution in [3.8, 4) is 5.75 Å². The number of nitrogens with zero attached hydrogens (tertiary/aromatic N) is 2.